The van der Waals surface area contributed by atoms with Gasteiger partial charge in [-0.3, -0.25) is 0 Å². The molecule has 7 heteroatoms. The molecule has 0 spiro atoms. The monoisotopic (exact) mass is 310 g/mol. The van der Waals surface area contributed by atoms with Crippen molar-refractivity contribution in [3.05, 3.63) is 53.8 Å². The first kappa shape index (κ1) is 15.3. The molecule has 0 radical (unpaired) electrons. The molecular weight excluding hydrogens is 295 g/mol. The minimum absolute atomic E-state index is 0.0499. The van der Waals surface area contributed by atoms with Crippen LogP contribution in [0.5, 0.6) is 5.75 Å². The number of aromatic hydroxyl groups is 1. The third kappa shape index (κ3) is 4.17. The van der Waals surface area contributed by atoms with Crippen LogP contribution >= 0.6 is 0 Å². The van der Waals surface area contributed by atoms with E-state index in [1.165, 1.54) is 18.2 Å². The lowest BCUT2D eigenvalue weighted by Crippen LogP contribution is -2.26. The molecule has 0 aliphatic rings. The molecule has 0 heterocycles. The first-order chi connectivity index (χ1) is 9.87. The number of phenols is 1. The van der Waals surface area contributed by atoms with E-state index < -0.39 is 15.8 Å². The van der Waals surface area contributed by atoms with Crippen molar-refractivity contribution in [1.29, 1.82) is 0 Å². The summed E-state index contributed by atoms with van der Waals surface area (Å²) < 4.78 is 39.6. The van der Waals surface area contributed by atoms with Crippen LogP contribution in [-0.2, 0) is 16.4 Å². The van der Waals surface area contributed by atoms with E-state index in [0.29, 0.717) is 6.42 Å². The fourth-order valence-corrected chi connectivity index (χ4v) is 2.91. The molecule has 21 heavy (non-hydrogen) atoms. The van der Waals surface area contributed by atoms with Crippen molar-refractivity contribution in [2.24, 2.45) is 0 Å². The quantitative estimate of drug-likeness (QED) is 0.732. The van der Waals surface area contributed by atoms with E-state index >= 15 is 0 Å². The van der Waals surface area contributed by atoms with Gasteiger partial charge < -0.3 is 10.8 Å². The van der Waals surface area contributed by atoms with Crippen molar-refractivity contribution in [3.8, 4) is 5.75 Å². The first-order valence-corrected chi connectivity index (χ1v) is 7.69. The van der Waals surface area contributed by atoms with Gasteiger partial charge in [-0.15, -0.1) is 0 Å². The summed E-state index contributed by atoms with van der Waals surface area (Å²) in [6.45, 7) is 0.156. The van der Waals surface area contributed by atoms with Gasteiger partial charge >= 0.3 is 0 Å². The third-order valence-corrected chi connectivity index (χ3v) is 4.29. The van der Waals surface area contributed by atoms with Crippen LogP contribution in [0, 0.1) is 5.82 Å². The molecule has 0 unspecified atom stereocenters. The Morgan fingerprint density at radius 3 is 2.43 bits per heavy atom. The van der Waals surface area contributed by atoms with Crippen LogP contribution < -0.4 is 10.5 Å². The lowest BCUT2D eigenvalue weighted by molar-refractivity contribution is 0.475. The van der Waals surface area contributed by atoms with Crippen molar-refractivity contribution in [2.45, 2.75) is 11.3 Å². The molecule has 2 aromatic rings. The number of nitrogens with two attached hydrogens (primary N) is 1. The predicted octanol–water partition coefficient (Wildman–Crippen LogP) is 1.63. The Morgan fingerprint density at radius 2 is 1.81 bits per heavy atom. The van der Waals surface area contributed by atoms with Gasteiger partial charge in [0.2, 0.25) is 10.0 Å². The van der Waals surface area contributed by atoms with E-state index in [1.807, 2.05) is 0 Å². The molecule has 0 aliphatic heterocycles. The van der Waals surface area contributed by atoms with Crippen molar-refractivity contribution >= 4 is 15.7 Å². The van der Waals surface area contributed by atoms with Gasteiger partial charge in [0.05, 0.1) is 4.90 Å². The molecule has 0 atom stereocenters. The Hall–Kier alpha value is -2.12. The number of sulfonamides is 1. The maximum absolute atomic E-state index is 13.2. The van der Waals surface area contributed by atoms with E-state index in [-0.39, 0.29) is 22.9 Å². The second-order valence-corrected chi connectivity index (χ2v) is 6.30. The molecule has 0 amide bonds. The molecule has 5 nitrogen and oxygen atoms in total. The molecule has 0 aromatic heterocycles. The van der Waals surface area contributed by atoms with Gasteiger partial charge in [-0.25, -0.2) is 17.5 Å². The van der Waals surface area contributed by atoms with Gasteiger partial charge in [-0.1, -0.05) is 12.1 Å². The maximum atomic E-state index is 13.2. The van der Waals surface area contributed by atoms with Gasteiger partial charge in [0, 0.05) is 12.2 Å². The lowest BCUT2D eigenvalue weighted by atomic mass is 10.1. The predicted molar refractivity (Wildman–Crippen MR) is 77.8 cm³/mol. The highest BCUT2D eigenvalue weighted by molar-refractivity contribution is 7.89. The molecule has 4 N–H and O–H groups in total. The lowest BCUT2D eigenvalue weighted by Gasteiger charge is -2.08. The van der Waals surface area contributed by atoms with Crippen LogP contribution in [0.25, 0.3) is 0 Å². The van der Waals surface area contributed by atoms with Crippen molar-refractivity contribution in [3.63, 3.8) is 0 Å². The van der Waals surface area contributed by atoms with Crippen LogP contribution in [0.2, 0.25) is 0 Å². The minimum atomic E-state index is -3.80. The van der Waals surface area contributed by atoms with Crippen LogP contribution in [0.4, 0.5) is 10.1 Å². The number of hydrogen-bond acceptors (Lipinski definition) is 4. The summed E-state index contributed by atoms with van der Waals surface area (Å²) in [4.78, 5) is -0.203. The highest BCUT2D eigenvalue weighted by Crippen LogP contribution is 2.16. The van der Waals surface area contributed by atoms with Gasteiger partial charge in [-0.05, 0) is 42.3 Å². The Bertz CT molecular complexity index is 710. The van der Waals surface area contributed by atoms with Gasteiger partial charge in [-0.2, -0.15) is 0 Å². The second kappa shape index (κ2) is 6.11. The Balaban J connectivity index is 2.02. The maximum Gasteiger partial charge on any atom is 0.240 e. The van der Waals surface area contributed by atoms with E-state index in [4.69, 9.17) is 10.8 Å². The van der Waals surface area contributed by atoms with E-state index in [0.717, 1.165) is 17.7 Å². The Kier molecular flexibility index (Phi) is 4.44. The molecule has 0 aliphatic carbocycles. The zero-order chi connectivity index (χ0) is 15.5. The zero-order valence-electron chi connectivity index (χ0n) is 11.1. The number of benzene rings is 2. The number of anilines is 1. The smallest absolute Gasteiger partial charge is 0.240 e. The fraction of sp³-hybridized carbons (Fsp3) is 0.143. The number of halogens is 1. The SMILES string of the molecule is Nc1cc(F)cc(S(=O)(=O)NCCc2ccc(O)cc2)c1. The summed E-state index contributed by atoms with van der Waals surface area (Å²) >= 11 is 0. The average Bonchev–Trinajstić information content (AvgIpc) is 2.40. The molecule has 0 fully saturated rings. The third-order valence-electron chi connectivity index (χ3n) is 2.85. The highest BCUT2D eigenvalue weighted by Gasteiger charge is 2.15. The van der Waals surface area contributed by atoms with E-state index in [1.54, 1.807) is 12.1 Å². The van der Waals surface area contributed by atoms with Crippen LogP contribution in [0.15, 0.2) is 47.4 Å². The van der Waals surface area contributed by atoms with Gasteiger partial charge in [0.25, 0.3) is 0 Å². The second-order valence-electron chi connectivity index (χ2n) is 4.53. The molecule has 2 rings (SSSR count). The largest absolute Gasteiger partial charge is 0.508 e. The Labute approximate surface area is 122 Å². The van der Waals surface area contributed by atoms with Crippen molar-refractivity contribution < 1.29 is 17.9 Å². The normalized spacial score (nSPS) is 11.5. The summed E-state index contributed by atoms with van der Waals surface area (Å²) in [7, 11) is -3.80. The molecular formula is C14H15FN2O3S. The number of hydrogen-bond donors (Lipinski definition) is 3. The molecule has 112 valence electrons. The van der Waals surface area contributed by atoms with Crippen LogP contribution in [-0.4, -0.2) is 20.1 Å². The summed E-state index contributed by atoms with van der Waals surface area (Å²) in [5.74, 6) is -0.552. The van der Waals surface area contributed by atoms with Crippen LogP contribution in [0.3, 0.4) is 0 Å². The average molecular weight is 310 g/mol. The topological polar surface area (TPSA) is 92.4 Å². The summed E-state index contributed by atoms with van der Waals surface area (Å²) in [5.41, 5.74) is 6.35. The summed E-state index contributed by atoms with van der Waals surface area (Å²) in [5, 5.41) is 9.15. The summed E-state index contributed by atoms with van der Waals surface area (Å²) in [6.07, 6.45) is 0.449. The number of nitrogens with one attached hydrogen (secondary N) is 1. The zero-order valence-corrected chi connectivity index (χ0v) is 11.9. The number of rotatable bonds is 5. The molecule has 0 saturated heterocycles. The van der Waals surface area contributed by atoms with E-state index in [2.05, 4.69) is 4.72 Å². The minimum Gasteiger partial charge on any atom is -0.508 e. The highest BCUT2D eigenvalue weighted by atomic mass is 32.2. The number of nitrogen functional groups attached to an aromatic ring is 1. The van der Waals surface area contributed by atoms with Crippen LogP contribution in [0.1, 0.15) is 5.56 Å². The van der Waals surface area contributed by atoms with Gasteiger partial charge in [0.15, 0.2) is 0 Å². The molecule has 0 saturated carbocycles. The van der Waals surface area contributed by atoms with Gasteiger partial charge in [0.1, 0.15) is 11.6 Å². The first-order valence-electron chi connectivity index (χ1n) is 6.20. The molecule has 2 aromatic carbocycles. The molecule has 0 bridgehead atoms. The fourth-order valence-electron chi connectivity index (χ4n) is 1.82. The number of phenolic OH excluding ortho intramolecular Hbond substituents is 1. The Morgan fingerprint density at radius 1 is 1.14 bits per heavy atom. The van der Waals surface area contributed by atoms with Crippen molar-refractivity contribution in [2.75, 3.05) is 12.3 Å². The summed E-state index contributed by atoms with van der Waals surface area (Å²) in [6, 6.07) is 9.61. The van der Waals surface area contributed by atoms with Crippen molar-refractivity contribution in [1.82, 2.24) is 4.72 Å². The van der Waals surface area contributed by atoms with E-state index in [9.17, 15) is 12.8 Å². The standard InChI is InChI=1S/C14H15FN2O3S/c15-11-7-12(16)9-14(8-11)21(19,20)17-6-5-10-1-3-13(18)4-2-10/h1-4,7-9,17-18H,5-6,16H2.